The molecule has 0 radical (unpaired) electrons. The summed E-state index contributed by atoms with van der Waals surface area (Å²) in [6.45, 7) is 1.36. The smallest absolute Gasteiger partial charge is 0.407 e. The van der Waals surface area contributed by atoms with Crippen molar-refractivity contribution in [3.8, 4) is 11.1 Å². The van der Waals surface area contributed by atoms with E-state index in [1.807, 2.05) is 36.4 Å². The van der Waals surface area contributed by atoms with E-state index in [0.29, 0.717) is 0 Å². The molecule has 0 aromatic heterocycles. The fraction of sp³-hybridized carbons (Fsp3) is 0.348. The van der Waals surface area contributed by atoms with Crippen LogP contribution in [0.3, 0.4) is 0 Å². The zero-order valence-corrected chi connectivity index (χ0v) is 17.1. The van der Waals surface area contributed by atoms with E-state index >= 15 is 0 Å². The summed E-state index contributed by atoms with van der Waals surface area (Å²) in [5.41, 5.74) is 2.63. The number of carbonyl (C=O) groups excluding carboxylic acids is 2. The van der Waals surface area contributed by atoms with Crippen molar-refractivity contribution in [2.45, 2.75) is 18.4 Å². The van der Waals surface area contributed by atoms with Crippen molar-refractivity contribution < 1.29 is 29.3 Å². The number of aliphatic hydroxyl groups is 1. The normalized spacial score (nSPS) is 17.2. The number of likely N-dealkylation sites (tertiary alicyclic amines) is 1. The van der Waals surface area contributed by atoms with Crippen LogP contribution >= 0.6 is 0 Å². The zero-order valence-electron chi connectivity index (χ0n) is 17.1. The number of fused-ring (bicyclic) bond motifs is 3. The highest BCUT2D eigenvalue weighted by Gasteiger charge is 2.50. The van der Waals surface area contributed by atoms with Crippen LogP contribution in [0.4, 0.5) is 4.79 Å². The third-order valence-corrected chi connectivity index (χ3v) is 5.93. The van der Waals surface area contributed by atoms with Gasteiger partial charge in [-0.2, -0.15) is 0 Å². The van der Waals surface area contributed by atoms with Crippen molar-refractivity contribution in [2.24, 2.45) is 5.92 Å². The molecule has 8 nitrogen and oxygen atoms in total. The summed E-state index contributed by atoms with van der Waals surface area (Å²) in [6.07, 6.45) is -0.618. The van der Waals surface area contributed by atoms with Crippen LogP contribution in [0.5, 0.6) is 0 Å². The van der Waals surface area contributed by atoms with Gasteiger partial charge in [-0.15, -0.1) is 0 Å². The predicted molar refractivity (Wildman–Crippen MR) is 111 cm³/mol. The third-order valence-electron chi connectivity index (χ3n) is 5.93. The van der Waals surface area contributed by atoms with Gasteiger partial charge in [0.25, 0.3) is 0 Å². The Kier molecular flexibility index (Phi) is 5.41. The SMILES string of the molecule is CC(CNC(=O)OCC1c2ccccc2-c2ccccc21)C(=O)N1CC(O)(C(=O)O)C1. The Morgan fingerprint density at radius 3 is 2.19 bits per heavy atom. The number of nitrogens with one attached hydrogen (secondary N) is 1. The molecule has 2 amide bonds. The highest BCUT2D eigenvalue weighted by molar-refractivity contribution is 5.86. The molecule has 1 aliphatic carbocycles. The van der Waals surface area contributed by atoms with Crippen LogP contribution in [-0.4, -0.2) is 64.9 Å². The molecule has 2 aliphatic rings. The van der Waals surface area contributed by atoms with Crippen molar-refractivity contribution in [2.75, 3.05) is 26.2 Å². The minimum absolute atomic E-state index is 0.0491. The summed E-state index contributed by atoms with van der Waals surface area (Å²) < 4.78 is 5.44. The molecule has 0 bridgehead atoms. The van der Waals surface area contributed by atoms with Crippen molar-refractivity contribution >= 4 is 18.0 Å². The molecule has 1 fully saturated rings. The number of carbonyl (C=O) groups is 3. The molecule has 4 rings (SSSR count). The number of alkyl carbamates (subject to hydrolysis) is 1. The average Bonchev–Trinajstić information content (AvgIpc) is 3.07. The molecular formula is C23H24N2O6. The minimum atomic E-state index is -1.88. The highest BCUT2D eigenvalue weighted by Crippen LogP contribution is 2.44. The number of hydrogen-bond acceptors (Lipinski definition) is 5. The van der Waals surface area contributed by atoms with Gasteiger partial charge in [0.05, 0.1) is 19.0 Å². The van der Waals surface area contributed by atoms with Gasteiger partial charge in [0.2, 0.25) is 5.91 Å². The van der Waals surface area contributed by atoms with Gasteiger partial charge in [-0.05, 0) is 22.3 Å². The van der Waals surface area contributed by atoms with E-state index < -0.39 is 23.6 Å². The van der Waals surface area contributed by atoms with Crippen LogP contribution in [0.2, 0.25) is 0 Å². The first kappa shape index (κ1) is 20.9. The first-order valence-electron chi connectivity index (χ1n) is 10.1. The fourth-order valence-electron chi connectivity index (χ4n) is 4.16. The minimum Gasteiger partial charge on any atom is -0.479 e. The lowest BCUT2D eigenvalue weighted by molar-refractivity contribution is -0.183. The average molecular weight is 424 g/mol. The van der Waals surface area contributed by atoms with Gasteiger partial charge in [-0.25, -0.2) is 9.59 Å². The summed E-state index contributed by atoms with van der Waals surface area (Å²) in [4.78, 5) is 36.7. The largest absolute Gasteiger partial charge is 0.479 e. The third kappa shape index (κ3) is 3.86. The number of nitrogens with zero attached hydrogens (tertiary/aromatic N) is 1. The van der Waals surface area contributed by atoms with Crippen LogP contribution in [0.15, 0.2) is 48.5 Å². The maximum Gasteiger partial charge on any atom is 0.407 e. The molecule has 0 spiro atoms. The number of hydrogen-bond donors (Lipinski definition) is 3. The number of amides is 2. The first-order valence-corrected chi connectivity index (χ1v) is 10.1. The lowest BCUT2D eigenvalue weighted by Crippen LogP contribution is -2.68. The van der Waals surface area contributed by atoms with Gasteiger partial charge in [0, 0.05) is 12.5 Å². The van der Waals surface area contributed by atoms with E-state index in [9.17, 15) is 19.5 Å². The Morgan fingerprint density at radius 1 is 1.10 bits per heavy atom. The van der Waals surface area contributed by atoms with Gasteiger partial charge >= 0.3 is 12.1 Å². The quantitative estimate of drug-likeness (QED) is 0.651. The Balaban J connectivity index is 1.29. The lowest BCUT2D eigenvalue weighted by Gasteiger charge is -2.44. The van der Waals surface area contributed by atoms with E-state index in [2.05, 4.69) is 17.4 Å². The van der Waals surface area contributed by atoms with Crippen molar-refractivity contribution in [1.82, 2.24) is 10.2 Å². The van der Waals surface area contributed by atoms with Crippen molar-refractivity contribution in [3.05, 3.63) is 59.7 Å². The van der Waals surface area contributed by atoms with E-state index in [1.165, 1.54) is 4.90 Å². The lowest BCUT2D eigenvalue weighted by atomic mass is 9.93. The van der Waals surface area contributed by atoms with E-state index in [1.54, 1.807) is 6.92 Å². The molecule has 2 aromatic rings. The number of rotatable bonds is 6. The summed E-state index contributed by atoms with van der Waals surface area (Å²) >= 11 is 0. The van der Waals surface area contributed by atoms with Gasteiger partial charge < -0.3 is 25.2 Å². The molecule has 1 heterocycles. The monoisotopic (exact) mass is 424 g/mol. The van der Waals surface area contributed by atoms with Crippen LogP contribution in [-0.2, 0) is 14.3 Å². The van der Waals surface area contributed by atoms with Crippen LogP contribution in [0, 0.1) is 5.92 Å². The summed E-state index contributed by atoms with van der Waals surface area (Å²) in [6, 6.07) is 16.1. The number of carboxylic acid groups (broad SMARTS) is 1. The van der Waals surface area contributed by atoms with Gasteiger partial charge in [0.1, 0.15) is 6.61 Å². The van der Waals surface area contributed by atoms with Gasteiger partial charge in [-0.3, -0.25) is 4.79 Å². The van der Waals surface area contributed by atoms with Crippen LogP contribution < -0.4 is 5.32 Å². The zero-order chi connectivity index (χ0) is 22.2. The van der Waals surface area contributed by atoms with E-state index in [-0.39, 0.29) is 38.1 Å². The number of β-amino-alcohol motifs (C(OH)–C–C–N with tert-alkyl or cyclic N) is 1. The molecule has 162 valence electrons. The Bertz CT molecular complexity index is 985. The number of benzene rings is 2. The van der Waals surface area contributed by atoms with Crippen molar-refractivity contribution in [1.29, 1.82) is 0 Å². The molecule has 1 unspecified atom stereocenters. The predicted octanol–water partition coefficient (Wildman–Crippen LogP) is 1.82. The standard InChI is InChI=1S/C23H24N2O6/c1-14(20(26)25-12-23(30,13-25)21(27)28)10-24-22(29)31-11-19-17-8-4-2-6-15(17)16-7-3-5-9-18(16)19/h2-9,14,19,30H,10-13H2,1H3,(H,24,29)(H,27,28). The topological polar surface area (TPSA) is 116 Å². The van der Waals surface area contributed by atoms with Crippen molar-refractivity contribution in [3.63, 3.8) is 0 Å². The van der Waals surface area contributed by atoms with E-state index in [4.69, 9.17) is 9.84 Å². The number of aliphatic carboxylic acids is 1. The van der Waals surface area contributed by atoms with Gasteiger partial charge in [0.15, 0.2) is 5.60 Å². The van der Waals surface area contributed by atoms with Gasteiger partial charge in [-0.1, -0.05) is 55.5 Å². The second-order valence-electron chi connectivity index (χ2n) is 8.14. The Morgan fingerprint density at radius 2 is 1.65 bits per heavy atom. The van der Waals surface area contributed by atoms with Crippen LogP contribution in [0.1, 0.15) is 24.0 Å². The summed E-state index contributed by atoms with van der Waals surface area (Å²) in [5, 5.41) is 21.2. The fourth-order valence-corrected chi connectivity index (χ4v) is 4.16. The highest BCUT2D eigenvalue weighted by atomic mass is 16.5. The molecule has 2 aromatic carbocycles. The molecule has 31 heavy (non-hydrogen) atoms. The summed E-state index contributed by atoms with van der Waals surface area (Å²) in [7, 11) is 0. The first-order chi connectivity index (χ1) is 14.8. The maximum atomic E-state index is 12.3. The second-order valence-corrected chi connectivity index (χ2v) is 8.14. The second kappa shape index (κ2) is 8.03. The number of carboxylic acids is 1. The van der Waals surface area contributed by atoms with E-state index in [0.717, 1.165) is 22.3 Å². The molecule has 1 atom stereocenters. The molecule has 1 saturated heterocycles. The Hall–Kier alpha value is -3.39. The molecule has 3 N–H and O–H groups in total. The van der Waals surface area contributed by atoms with Crippen LogP contribution in [0.25, 0.3) is 11.1 Å². The molecular weight excluding hydrogens is 400 g/mol. The maximum absolute atomic E-state index is 12.3. The summed E-state index contributed by atoms with van der Waals surface area (Å²) in [5.74, 6) is -2.29. The molecule has 0 saturated carbocycles. The molecule has 1 aliphatic heterocycles. The Labute approximate surface area is 179 Å². The number of ether oxygens (including phenoxy) is 1. The molecule has 8 heteroatoms.